The maximum Gasteiger partial charge on any atom is 0.175 e. The average Bonchev–Trinajstić information content (AvgIpc) is 2.99. The number of aryl methyl sites for hydroxylation is 1. The van der Waals surface area contributed by atoms with Gasteiger partial charge in [0.2, 0.25) is 0 Å². The maximum absolute atomic E-state index is 11.6. The lowest BCUT2D eigenvalue weighted by Gasteiger charge is -2.09. The van der Waals surface area contributed by atoms with E-state index in [1.807, 2.05) is 42.0 Å². The smallest absolute Gasteiger partial charge is 0.175 e. The molecule has 0 saturated heterocycles. The minimum absolute atomic E-state index is 0.301. The molecule has 2 aromatic carbocycles. The Balaban J connectivity index is 2.10. The Hall–Kier alpha value is -2.11. The van der Waals surface area contributed by atoms with E-state index >= 15 is 0 Å². The van der Waals surface area contributed by atoms with E-state index in [0.29, 0.717) is 9.92 Å². The van der Waals surface area contributed by atoms with Gasteiger partial charge < -0.3 is 0 Å². The SMILES string of the molecule is CCc1cn(-c2ccc(S(C)(=O)=O)cc2)c(-c2ccc(Cl)cc2)n1. The zero-order valence-corrected chi connectivity index (χ0v) is 15.0. The molecule has 0 radical (unpaired) electrons. The second-order valence-corrected chi connectivity index (χ2v) is 8.00. The van der Waals surface area contributed by atoms with Crippen molar-refractivity contribution in [2.75, 3.05) is 6.26 Å². The number of benzene rings is 2. The van der Waals surface area contributed by atoms with Crippen LogP contribution in [0, 0.1) is 0 Å². The van der Waals surface area contributed by atoms with E-state index in [4.69, 9.17) is 11.6 Å². The summed E-state index contributed by atoms with van der Waals surface area (Å²) in [6, 6.07) is 14.3. The lowest BCUT2D eigenvalue weighted by molar-refractivity contribution is 0.602. The van der Waals surface area contributed by atoms with E-state index in [9.17, 15) is 8.42 Å². The van der Waals surface area contributed by atoms with Gasteiger partial charge in [-0.3, -0.25) is 4.57 Å². The number of halogens is 1. The lowest BCUT2D eigenvalue weighted by Crippen LogP contribution is -1.99. The molecule has 4 nitrogen and oxygen atoms in total. The zero-order chi connectivity index (χ0) is 17.3. The highest BCUT2D eigenvalue weighted by molar-refractivity contribution is 7.90. The highest BCUT2D eigenvalue weighted by Gasteiger charge is 2.12. The monoisotopic (exact) mass is 360 g/mol. The molecular weight excluding hydrogens is 344 g/mol. The Morgan fingerprint density at radius 1 is 1.04 bits per heavy atom. The molecule has 0 amide bonds. The number of imidazole rings is 1. The van der Waals surface area contributed by atoms with Crippen LogP contribution in [0.15, 0.2) is 59.6 Å². The van der Waals surface area contributed by atoms with Gasteiger partial charge in [0.1, 0.15) is 5.82 Å². The molecule has 6 heteroatoms. The van der Waals surface area contributed by atoms with E-state index in [-0.39, 0.29) is 0 Å². The van der Waals surface area contributed by atoms with Gasteiger partial charge in [0.05, 0.1) is 10.6 Å². The first kappa shape index (κ1) is 16.7. The number of hydrogen-bond donors (Lipinski definition) is 0. The van der Waals surface area contributed by atoms with Gasteiger partial charge in [-0.25, -0.2) is 13.4 Å². The molecule has 124 valence electrons. The minimum atomic E-state index is -3.21. The van der Waals surface area contributed by atoms with Gasteiger partial charge in [0.25, 0.3) is 0 Å². The van der Waals surface area contributed by atoms with Crippen LogP contribution in [0.3, 0.4) is 0 Å². The van der Waals surface area contributed by atoms with Crippen molar-refractivity contribution < 1.29 is 8.42 Å². The molecule has 0 unspecified atom stereocenters. The molecule has 0 N–H and O–H groups in total. The van der Waals surface area contributed by atoms with Gasteiger partial charge in [0, 0.05) is 28.7 Å². The number of rotatable bonds is 4. The van der Waals surface area contributed by atoms with E-state index in [1.54, 1.807) is 24.3 Å². The molecule has 0 aliphatic heterocycles. The highest BCUT2D eigenvalue weighted by Crippen LogP contribution is 2.25. The van der Waals surface area contributed by atoms with Crippen molar-refractivity contribution in [3.63, 3.8) is 0 Å². The Kier molecular flexibility index (Phi) is 4.47. The summed E-state index contributed by atoms with van der Waals surface area (Å²) in [4.78, 5) is 4.98. The molecular formula is C18H17ClN2O2S. The topological polar surface area (TPSA) is 52.0 Å². The first-order valence-corrected chi connectivity index (χ1v) is 9.80. The van der Waals surface area contributed by atoms with E-state index in [2.05, 4.69) is 4.98 Å². The van der Waals surface area contributed by atoms with Crippen LogP contribution in [-0.4, -0.2) is 24.2 Å². The van der Waals surface area contributed by atoms with Crippen molar-refractivity contribution >= 4 is 21.4 Å². The largest absolute Gasteiger partial charge is 0.300 e. The molecule has 3 aromatic rings. The second kappa shape index (κ2) is 6.42. The second-order valence-electron chi connectivity index (χ2n) is 5.55. The molecule has 0 bridgehead atoms. The summed E-state index contributed by atoms with van der Waals surface area (Å²) in [5, 5.41) is 0.671. The van der Waals surface area contributed by atoms with Crippen LogP contribution in [0.1, 0.15) is 12.6 Å². The molecule has 0 spiro atoms. The van der Waals surface area contributed by atoms with Crippen LogP contribution < -0.4 is 0 Å². The van der Waals surface area contributed by atoms with Crippen LogP contribution in [0.2, 0.25) is 5.02 Å². The van der Waals surface area contributed by atoms with Crippen molar-refractivity contribution in [1.82, 2.24) is 9.55 Å². The minimum Gasteiger partial charge on any atom is -0.300 e. The summed E-state index contributed by atoms with van der Waals surface area (Å²) in [6.07, 6.45) is 3.99. The Bertz CT molecular complexity index is 959. The predicted molar refractivity (Wildman–Crippen MR) is 96.5 cm³/mol. The third-order valence-electron chi connectivity index (χ3n) is 3.76. The summed E-state index contributed by atoms with van der Waals surface area (Å²) in [6.45, 7) is 2.05. The Labute approximate surface area is 146 Å². The van der Waals surface area contributed by atoms with E-state index in [1.165, 1.54) is 6.26 Å². The molecule has 0 saturated carbocycles. The standard InChI is InChI=1S/C18H17ClN2O2S/c1-3-15-12-21(16-8-10-17(11-9-16)24(2,22)23)18(20-15)13-4-6-14(19)7-5-13/h4-12H,3H2,1-2H3. The van der Waals surface area contributed by atoms with Gasteiger partial charge in [-0.1, -0.05) is 18.5 Å². The normalized spacial score (nSPS) is 11.6. The van der Waals surface area contributed by atoms with E-state index < -0.39 is 9.84 Å². The van der Waals surface area contributed by atoms with Crippen molar-refractivity contribution in [3.8, 4) is 17.1 Å². The van der Waals surface area contributed by atoms with Crippen molar-refractivity contribution in [2.45, 2.75) is 18.2 Å². The predicted octanol–water partition coefficient (Wildman–Crippen LogP) is 4.16. The average molecular weight is 361 g/mol. The molecule has 3 rings (SSSR count). The van der Waals surface area contributed by atoms with Crippen molar-refractivity contribution in [1.29, 1.82) is 0 Å². The number of sulfone groups is 1. The first-order chi connectivity index (χ1) is 11.4. The summed E-state index contributed by atoms with van der Waals surface area (Å²) in [7, 11) is -3.21. The first-order valence-electron chi connectivity index (χ1n) is 7.53. The molecule has 1 heterocycles. The lowest BCUT2D eigenvalue weighted by atomic mass is 10.2. The third kappa shape index (κ3) is 3.37. The fourth-order valence-electron chi connectivity index (χ4n) is 2.45. The summed E-state index contributed by atoms with van der Waals surface area (Å²) >= 11 is 5.96. The molecule has 0 aliphatic carbocycles. The molecule has 1 aromatic heterocycles. The molecule has 0 atom stereocenters. The molecule has 0 fully saturated rings. The fraction of sp³-hybridized carbons (Fsp3) is 0.167. The van der Waals surface area contributed by atoms with Crippen LogP contribution in [0.4, 0.5) is 0 Å². The van der Waals surface area contributed by atoms with Crippen LogP contribution in [-0.2, 0) is 16.3 Å². The van der Waals surface area contributed by atoms with Crippen molar-refractivity contribution in [3.05, 3.63) is 65.4 Å². The van der Waals surface area contributed by atoms with Crippen molar-refractivity contribution in [2.24, 2.45) is 0 Å². The molecule has 24 heavy (non-hydrogen) atoms. The van der Waals surface area contributed by atoms with Gasteiger partial charge in [-0.2, -0.15) is 0 Å². The number of aromatic nitrogens is 2. The Morgan fingerprint density at radius 2 is 1.67 bits per heavy atom. The summed E-state index contributed by atoms with van der Waals surface area (Å²) in [5.41, 5.74) is 2.78. The van der Waals surface area contributed by atoms with Gasteiger partial charge >= 0.3 is 0 Å². The van der Waals surface area contributed by atoms with Gasteiger partial charge in [-0.15, -0.1) is 0 Å². The fourth-order valence-corrected chi connectivity index (χ4v) is 3.21. The quantitative estimate of drug-likeness (QED) is 0.702. The highest BCUT2D eigenvalue weighted by atomic mass is 35.5. The van der Waals surface area contributed by atoms with Crippen LogP contribution >= 0.6 is 11.6 Å². The summed E-state index contributed by atoms with van der Waals surface area (Å²) in [5.74, 6) is 0.802. The van der Waals surface area contributed by atoms with Crippen LogP contribution in [0.25, 0.3) is 17.1 Å². The van der Waals surface area contributed by atoms with Crippen LogP contribution in [0.5, 0.6) is 0 Å². The maximum atomic E-state index is 11.6. The zero-order valence-electron chi connectivity index (χ0n) is 13.4. The van der Waals surface area contributed by atoms with Gasteiger partial charge in [0.15, 0.2) is 9.84 Å². The summed E-state index contributed by atoms with van der Waals surface area (Å²) < 4.78 is 25.2. The van der Waals surface area contributed by atoms with Gasteiger partial charge in [-0.05, 0) is 55.0 Å². The third-order valence-corrected chi connectivity index (χ3v) is 5.14. The number of hydrogen-bond acceptors (Lipinski definition) is 3. The number of nitrogens with zero attached hydrogens (tertiary/aromatic N) is 2. The Morgan fingerprint density at radius 3 is 2.21 bits per heavy atom. The van der Waals surface area contributed by atoms with E-state index in [0.717, 1.165) is 29.2 Å². The molecule has 0 aliphatic rings.